The van der Waals surface area contributed by atoms with Gasteiger partial charge >= 0.3 is 0 Å². The molecule has 0 aliphatic heterocycles. The molecule has 2 heterocycles. The molecule has 0 saturated heterocycles. The lowest BCUT2D eigenvalue weighted by molar-refractivity contribution is -0.662. The minimum atomic E-state index is -1.87. The van der Waals surface area contributed by atoms with Crippen molar-refractivity contribution < 1.29 is 20.5 Å². The van der Waals surface area contributed by atoms with Gasteiger partial charge in [0.2, 0.25) is 11.9 Å². The first-order valence-electron chi connectivity index (χ1n) is 14.1. The molecule has 0 atom stereocenters. The van der Waals surface area contributed by atoms with Gasteiger partial charge in [-0.3, -0.25) is 0 Å². The van der Waals surface area contributed by atoms with Crippen molar-refractivity contribution in [2.24, 2.45) is 13.0 Å². The van der Waals surface area contributed by atoms with Gasteiger partial charge in [-0.2, -0.15) is 4.57 Å². The van der Waals surface area contributed by atoms with Crippen LogP contribution < -0.4 is 4.57 Å². The summed E-state index contributed by atoms with van der Waals surface area (Å²) in [6, 6.07) is 26.5. The van der Waals surface area contributed by atoms with Gasteiger partial charge in [0.25, 0.3) is 0 Å². The zero-order chi connectivity index (χ0) is 29.1. The molecule has 39 heavy (non-hydrogen) atoms. The van der Waals surface area contributed by atoms with Crippen LogP contribution in [0.2, 0.25) is 0 Å². The number of nitrogens with zero attached hydrogens (tertiary/aromatic N) is 1. The van der Waals surface area contributed by atoms with Crippen LogP contribution in [0, 0.1) is 24.5 Å². The maximum absolute atomic E-state index is 15.5. The Balaban J connectivity index is 1.58. The zero-order valence-electron chi connectivity index (χ0n) is 24.3. The van der Waals surface area contributed by atoms with Gasteiger partial charge < -0.3 is 4.42 Å². The summed E-state index contributed by atoms with van der Waals surface area (Å²) < 4.78 is 55.9. The van der Waals surface area contributed by atoms with E-state index in [1.165, 1.54) is 12.3 Å². The largest absolute Gasteiger partial charge is 0.454 e. The van der Waals surface area contributed by atoms with Crippen molar-refractivity contribution in [3.05, 3.63) is 114 Å². The van der Waals surface area contributed by atoms with Crippen LogP contribution in [0.3, 0.4) is 0 Å². The summed E-state index contributed by atoms with van der Waals surface area (Å²) in [5.74, 6) is -1.42. The lowest BCUT2D eigenvalue weighted by atomic mass is 9.96. The number of aryl methyl sites for hydroxylation is 2. The molecule has 4 aromatic carbocycles. The minimum Gasteiger partial charge on any atom is -0.454 e. The van der Waals surface area contributed by atoms with E-state index in [0.717, 1.165) is 27.5 Å². The number of aromatic nitrogens is 1. The average molecular weight is 521 g/mol. The number of halogens is 2. The molecule has 0 amide bonds. The number of hydrogen-bond donors (Lipinski definition) is 0. The molecule has 194 valence electrons. The Morgan fingerprint density at radius 3 is 2.08 bits per heavy atom. The monoisotopic (exact) mass is 520 g/mol. The van der Waals surface area contributed by atoms with E-state index in [0.29, 0.717) is 33.6 Å². The summed E-state index contributed by atoms with van der Waals surface area (Å²) in [5.41, 5.74) is 6.37. The van der Waals surface area contributed by atoms with Crippen molar-refractivity contribution in [2.45, 2.75) is 27.1 Å². The SMILES string of the molecule is [2H]C([2H])(c1cc(-c2c(C)ccc3c2oc2c(-c4ccc(-c5ccccc5)cc4)c(F)ccc23)[n+](C)cc1F)C(C)C. The fourth-order valence-corrected chi connectivity index (χ4v) is 5.31. The second-order valence-electron chi connectivity index (χ2n) is 10.3. The molecule has 0 fully saturated rings. The molecule has 0 bridgehead atoms. The Kier molecular flexibility index (Phi) is 5.68. The molecule has 0 aliphatic rings. The first-order chi connectivity index (χ1) is 19.6. The van der Waals surface area contributed by atoms with Gasteiger partial charge in [0.05, 0.1) is 11.1 Å². The molecule has 0 N–H and O–H groups in total. The number of furan rings is 1. The predicted molar refractivity (Wildman–Crippen MR) is 154 cm³/mol. The summed E-state index contributed by atoms with van der Waals surface area (Å²) in [6.07, 6.45) is -0.559. The van der Waals surface area contributed by atoms with Crippen molar-refractivity contribution in [1.29, 1.82) is 0 Å². The van der Waals surface area contributed by atoms with Gasteiger partial charge in [-0.05, 0) is 53.6 Å². The molecule has 0 unspecified atom stereocenters. The van der Waals surface area contributed by atoms with Crippen molar-refractivity contribution >= 4 is 21.9 Å². The predicted octanol–water partition coefficient (Wildman–Crippen LogP) is 9.20. The molecule has 0 spiro atoms. The fraction of sp³-hybridized carbons (Fsp3) is 0.171. The van der Waals surface area contributed by atoms with E-state index in [1.54, 1.807) is 37.6 Å². The van der Waals surface area contributed by atoms with E-state index in [-0.39, 0.29) is 11.4 Å². The maximum Gasteiger partial charge on any atom is 0.216 e. The molecular weight excluding hydrogens is 488 g/mol. The summed E-state index contributed by atoms with van der Waals surface area (Å²) in [6.45, 7) is 5.41. The molecule has 0 aliphatic carbocycles. The van der Waals surface area contributed by atoms with Crippen LogP contribution >= 0.6 is 0 Å². The van der Waals surface area contributed by atoms with E-state index in [9.17, 15) is 0 Å². The number of rotatable bonds is 5. The molecule has 6 rings (SSSR count). The summed E-state index contributed by atoms with van der Waals surface area (Å²) in [4.78, 5) is 0. The second kappa shape index (κ2) is 9.77. The van der Waals surface area contributed by atoms with Crippen LogP contribution in [-0.2, 0) is 13.4 Å². The quantitative estimate of drug-likeness (QED) is 0.207. The van der Waals surface area contributed by atoms with E-state index in [1.807, 2.05) is 73.7 Å². The smallest absolute Gasteiger partial charge is 0.216 e. The number of fused-ring (bicyclic) bond motifs is 3. The lowest BCUT2D eigenvalue weighted by Crippen LogP contribution is -2.32. The molecule has 4 heteroatoms. The van der Waals surface area contributed by atoms with Gasteiger partial charge in [-0.15, -0.1) is 0 Å². The lowest BCUT2D eigenvalue weighted by Gasteiger charge is -2.10. The van der Waals surface area contributed by atoms with Crippen LogP contribution in [0.4, 0.5) is 8.78 Å². The Bertz CT molecular complexity index is 1930. The second-order valence-corrected chi connectivity index (χ2v) is 10.3. The normalized spacial score (nSPS) is 12.8. The van der Waals surface area contributed by atoms with E-state index in [2.05, 4.69) is 0 Å². The fourth-order valence-electron chi connectivity index (χ4n) is 5.31. The van der Waals surface area contributed by atoms with E-state index >= 15 is 8.78 Å². The zero-order valence-corrected chi connectivity index (χ0v) is 22.3. The van der Waals surface area contributed by atoms with Gasteiger partial charge in [0.15, 0.2) is 5.82 Å². The third-order valence-electron chi connectivity index (χ3n) is 7.17. The Hall–Kier alpha value is -4.31. The highest BCUT2D eigenvalue weighted by Gasteiger charge is 2.25. The summed E-state index contributed by atoms with van der Waals surface area (Å²) in [5, 5.41) is 1.58. The third kappa shape index (κ3) is 4.40. The van der Waals surface area contributed by atoms with Gasteiger partial charge in [-0.1, -0.05) is 80.6 Å². The number of benzene rings is 4. The summed E-state index contributed by atoms with van der Waals surface area (Å²) >= 11 is 0. The standard InChI is InChI=1S/C35H30F2NO/c1-21(2)18-26-19-31(38(4)20-30(26)37)32-22(3)10-15-27-28-16-17-29(36)33(35(28)39-34(27)32)25-13-11-24(12-14-25)23-8-6-5-7-9-23/h5-17,19-21H,18H2,1-4H3/q+1/i18D2. The van der Waals surface area contributed by atoms with Crippen LogP contribution in [0.5, 0.6) is 0 Å². The van der Waals surface area contributed by atoms with Crippen LogP contribution in [0.25, 0.3) is 55.4 Å². The van der Waals surface area contributed by atoms with Crippen molar-refractivity contribution in [3.8, 4) is 33.5 Å². The van der Waals surface area contributed by atoms with Crippen molar-refractivity contribution in [2.75, 3.05) is 0 Å². The third-order valence-corrected chi connectivity index (χ3v) is 7.17. The van der Waals surface area contributed by atoms with E-state index in [4.69, 9.17) is 7.16 Å². The van der Waals surface area contributed by atoms with Crippen molar-refractivity contribution in [3.63, 3.8) is 0 Å². The Morgan fingerprint density at radius 1 is 0.769 bits per heavy atom. The highest BCUT2D eigenvalue weighted by Crippen LogP contribution is 2.42. The van der Waals surface area contributed by atoms with E-state index < -0.39 is 18.1 Å². The molecular formula is C35H30F2NO+. The topological polar surface area (TPSA) is 17.0 Å². The van der Waals surface area contributed by atoms with Crippen LogP contribution in [-0.4, -0.2) is 0 Å². The van der Waals surface area contributed by atoms with Gasteiger partial charge in [0.1, 0.15) is 24.0 Å². The molecule has 2 nitrogen and oxygen atoms in total. The first kappa shape index (κ1) is 22.7. The average Bonchev–Trinajstić information content (AvgIpc) is 3.32. The molecule has 6 aromatic rings. The molecule has 2 aromatic heterocycles. The Labute approximate surface area is 230 Å². The number of hydrogen-bond acceptors (Lipinski definition) is 1. The highest BCUT2D eigenvalue weighted by atomic mass is 19.1. The number of pyridine rings is 1. The highest BCUT2D eigenvalue weighted by molar-refractivity contribution is 6.13. The Morgan fingerprint density at radius 2 is 1.38 bits per heavy atom. The van der Waals surface area contributed by atoms with Crippen LogP contribution in [0.15, 0.2) is 95.5 Å². The first-order valence-corrected chi connectivity index (χ1v) is 13.1. The van der Waals surface area contributed by atoms with Crippen molar-refractivity contribution in [1.82, 2.24) is 0 Å². The minimum absolute atomic E-state index is 0.00152. The van der Waals surface area contributed by atoms with Gasteiger partial charge in [-0.25, -0.2) is 8.78 Å². The summed E-state index contributed by atoms with van der Waals surface area (Å²) in [7, 11) is 1.73. The molecule has 0 saturated carbocycles. The van der Waals surface area contributed by atoms with Crippen LogP contribution in [0.1, 0.15) is 27.7 Å². The maximum atomic E-state index is 15.5. The molecule has 0 radical (unpaired) electrons. The van der Waals surface area contributed by atoms with Gasteiger partial charge in [0, 0.05) is 25.1 Å².